The summed E-state index contributed by atoms with van der Waals surface area (Å²) in [6, 6.07) is 15.7. The maximum absolute atomic E-state index is 2.42. The van der Waals surface area contributed by atoms with Crippen molar-refractivity contribution >= 4 is 11.4 Å². The number of hydrogen-bond donors (Lipinski definition) is 0. The third-order valence-corrected chi connectivity index (χ3v) is 3.51. The van der Waals surface area contributed by atoms with Gasteiger partial charge in [0.1, 0.15) is 0 Å². The van der Waals surface area contributed by atoms with Gasteiger partial charge in [-0.2, -0.15) is 0 Å². The summed E-state index contributed by atoms with van der Waals surface area (Å²) in [5.74, 6) is 0. The zero-order valence-corrected chi connectivity index (χ0v) is 12.6. The van der Waals surface area contributed by atoms with Crippen molar-refractivity contribution in [2.24, 2.45) is 0 Å². The van der Waals surface area contributed by atoms with Gasteiger partial charge >= 0.3 is 0 Å². The van der Waals surface area contributed by atoms with Gasteiger partial charge in [0.15, 0.2) is 0 Å². The number of nitrogens with zero attached hydrogens (tertiary/aromatic N) is 1. The van der Waals surface area contributed by atoms with Crippen LogP contribution in [0.1, 0.15) is 30.5 Å². The molecule has 0 aromatic heterocycles. The summed E-state index contributed by atoms with van der Waals surface area (Å²) in [6.07, 6.45) is 0. The molecule has 0 bridgehead atoms. The lowest BCUT2D eigenvalue weighted by molar-refractivity contribution is 0.783. The average molecular weight is 253 g/mol. The van der Waals surface area contributed by atoms with E-state index in [4.69, 9.17) is 0 Å². The van der Waals surface area contributed by atoms with Crippen LogP contribution in [0.5, 0.6) is 0 Å². The molecule has 0 atom stereocenters. The van der Waals surface area contributed by atoms with Gasteiger partial charge in [0, 0.05) is 17.4 Å². The minimum atomic E-state index is 0.433. The fraction of sp³-hybridized carbons (Fsp3) is 0.333. The molecule has 0 saturated heterocycles. The Morgan fingerprint density at radius 2 is 1.32 bits per heavy atom. The minimum absolute atomic E-state index is 0.433. The largest absolute Gasteiger partial charge is 0.338 e. The topological polar surface area (TPSA) is 3.24 Å². The average Bonchev–Trinajstić information content (AvgIpc) is 2.35. The Labute approximate surface area is 116 Å². The molecule has 100 valence electrons. The van der Waals surface area contributed by atoms with E-state index >= 15 is 0 Å². The third-order valence-electron chi connectivity index (χ3n) is 3.51. The van der Waals surface area contributed by atoms with E-state index in [1.807, 2.05) is 0 Å². The van der Waals surface area contributed by atoms with E-state index in [1.54, 1.807) is 0 Å². The van der Waals surface area contributed by atoms with Crippen LogP contribution in [0.25, 0.3) is 0 Å². The molecular weight excluding hydrogens is 230 g/mol. The standard InChI is InChI=1S/C18H23N/c1-13(2)19(17-11-9-14(3)10-12-17)18-15(4)7-6-8-16(18)5/h6-13H,1-5H3. The van der Waals surface area contributed by atoms with Gasteiger partial charge in [0.25, 0.3) is 0 Å². The Morgan fingerprint density at radius 1 is 0.789 bits per heavy atom. The lowest BCUT2D eigenvalue weighted by Gasteiger charge is -2.32. The summed E-state index contributed by atoms with van der Waals surface area (Å²) in [6.45, 7) is 11.0. The predicted molar refractivity (Wildman–Crippen MR) is 84.4 cm³/mol. The Kier molecular flexibility index (Phi) is 3.94. The van der Waals surface area contributed by atoms with Gasteiger partial charge in [0.2, 0.25) is 0 Å². The quantitative estimate of drug-likeness (QED) is 0.730. The number of benzene rings is 2. The molecule has 0 radical (unpaired) electrons. The second-order valence-corrected chi connectivity index (χ2v) is 5.54. The maximum Gasteiger partial charge on any atom is 0.0472 e. The van der Waals surface area contributed by atoms with Crippen LogP contribution < -0.4 is 4.90 Å². The first-order valence-electron chi connectivity index (χ1n) is 6.93. The summed E-state index contributed by atoms with van der Waals surface area (Å²) in [7, 11) is 0. The van der Waals surface area contributed by atoms with Crippen molar-refractivity contribution in [3.05, 3.63) is 59.2 Å². The molecule has 0 fully saturated rings. The number of para-hydroxylation sites is 1. The highest BCUT2D eigenvalue weighted by Crippen LogP contribution is 2.33. The Morgan fingerprint density at radius 3 is 1.79 bits per heavy atom. The van der Waals surface area contributed by atoms with E-state index in [1.165, 1.54) is 28.1 Å². The van der Waals surface area contributed by atoms with Crippen molar-refractivity contribution in [3.8, 4) is 0 Å². The lowest BCUT2D eigenvalue weighted by atomic mass is 10.0. The SMILES string of the molecule is Cc1ccc(N(c2c(C)cccc2C)C(C)C)cc1. The van der Waals surface area contributed by atoms with E-state index in [9.17, 15) is 0 Å². The third kappa shape index (κ3) is 2.81. The van der Waals surface area contributed by atoms with E-state index in [0.717, 1.165) is 0 Å². The zero-order valence-electron chi connectivity index (χ0n) is 12.6. The minimum Gasteiger partial charge on any atom is -0.338 e. The van der Waals surface area contributed by atoms with Crippen LogP contribution >= 0.6 is 0 Å². The number of hydrogen-bond acceptors (Lipinski definition) is 1. The molecule has 2 aromatic carbocycles. The maximum atomic E-state index is 2.42. The molecule has 1 nitrogen and oxygen atoms in total. The van der Waals surface area contributed by atoms with E-state index in [2.05, 4.69) is 82.0 Å². The number of aryl methyl sites for hydroxylation is 3. The van der Waals surface area contributed by atoms with Crippen LogP contribution in [-0.4, -0.2) is 6.04 Å². The van der Waals surface area contributed by atoms with Gasteiger partial charge in [-0.1, -0.05) is 35.9 Å². The highest BCUT2D eigenvalue weighted by Gasteiger charge is 2.16. The molecule has 0 aliphatic carbocycles. The molecule has 0 aliphatic rings. The van der Waals surface area contributed by atoms with Crippen LogP contribution in [0.2, 0.25) is 0 Å². The molecule has 0 unspecified atom stereocenters. The van der Waals surface area contributed by atoms with Gasteiger partial charge < -0.3 is 4.90 Å². The normalized spacial score (nSPS) is 10.8. The summed E-state index contributed by atoms with van der Waals surface area (Å²) < 4.78 is 0. The monoisotopic (exact) mass is 253 g/mol. The molecule has 0 saturated carbocycles. The fourth-order valence-electron chi connectivity index (χ4n) is 2.58. The van der Waals surface area contributed by atoms with Crippen LogP contribution in [0, 0.1) is 20.8 Å². The first kappa shape index (κ1) is 13.7. The van der Waals surface area contributed by atoms with Crippen LogP contribution in [0.15, 0.2) is 42.5 Å². The van der Waals surface area contributed by atoms with Gasteiger partial charge in [-0.25, -0.2) is 0 Å². The van der Waals surface area contributed by atoms with Gasteiger partial charge in [-0.05, 0) is 57.9 Å². The first-order chi connectivity index (χ1) is 9.00. The van der Waals surface area contributed by atoms with Crippen molar-refractivity contribution in [1.82, 2.24) is 0 Å². The van der Waals surface area contributed by atoms with Gasteiger partial charge in [-0.15, -0.1) is 0 Å². The second kappa shape index (κ2) is 5.48. The molecular formula is C18H23N. The van der Waals surface area contributed by atoms with Crippen LogP contribution in [0.4, 0.5) is 11.4 Å². The molecule has 2 rings (SSSR count). The summed E-state index contributed by atoms with van der Waals surface area (Å²) in [5.41, 5.74) is 6.55. The zero-order chi connectivity index (χ0) is 14.0. The predicted octanol–water partition coefficient (Wildman–Crippen LogP) is 5.16. The van der Waals surface area contributed by atoms with E-state index < -0.39 is 0 Å². The van der Waals surface area contributed by atoms with E-state index in [0.29, 0.717) is 6.04 Å². The molecule has 2 aromatic rings. The highest BCUT2D eigenvalue weighted by atomic mass is 15.2. The van der Waals surface area contributed by atoms with Crippen molar-refractivity contribution in [2.45, 2.75) is 40.7 Å². The second-order valence-electron chi connectivity index (χ2n) is 5.54. The van der Waals surface area contributed by atoms with Crippen molar-refractivity contribution in [3.63, 3.8) is 0 Å². The number of anilines is 2. The molecule has 0 amide bonds. The van der Waals surface area contributed by atoms with E-state index in [-0.39, 0.29) is 0 Å². The summed E-state index contributed by atoms with van der Waals surface area (Å²) in [4.78, 5) is 2.42. The Balaban J connectivity index is 2.55. The molecule has 19 heavy (non-hydrogen) atoms. The molecule has 0 N–H and O–H groups in total. The molecule has 0 aliphatic heterocycles. The fourth-order valence-corrected chi connectivity index (χ4v) is 2.58. The van der Waals surface area contributed by atoms with Crippen LogP contribution in [0.3, 0.4) is 0 Å². The smallest absolute Gasteiger partial charge is 0.0472 e. The van der Waals surface area contributed by atoms with Crippen molar-refractivity contribution in [1.29, 1.82) is 0 Å². The van der Waals surface area contributed by atoms with Gasteiger partial charge in [-0.3, -0.25) is 0 Å². The highest BCUT2D eigenvalue weighted by molar-refractivity contribution is 5.70. The Bertz CT molecular complexity index is 532. The van der Waals surface area contributed by atoms with Crippen LogP contribution in [-0.2, 0) is 0 Å². The Hall–Kier alpha value is -1.76. The number of rotatable bonds is 3. The van der Waals surface area contributed by atoms with Gasteiger partial charge in [0.05, 0.1) is 0 Å². The first-order valence-corrected chi connectivity index (χ1v) is 6.93. The molecule has 0 heterocycles. The lowest BCUT2D eigenvalue weighted by Crippen LogP contribution is -2.26. The summed E-state index contributed by atoms with van der Waals surface area (Å²) >= 11 is 0. The van der Waals surface area contributed by atoms with Crippen molar-refractivity contribution < 1.29 is 0 Å². The molecule has 0 spiro atoms. The summed E-state index contributed by atoms with van der Waals surface area (Å²) in [5, 5.41) is 0. The van der Waals surface area contributed by atoms with Crippen molar-refractivity contribution in [2.75, 3.05) is 4.90 Å². The molecule has 1 heteroatoms.